The first-order valence-electron chi connectivity index (χ1n) is 4.46. The van der Waals surface area contributed by atoms with Gasteiger partial charge in [0.1, 0.15) is 0 Å². The highest BCUT2D eigenvalue weighted by Gasteiger charge is 2.61. The van der Waals surface area contributed by atoms with Crippen LogP contribution in [0.15, 0.2) is 0 Å². The Kier molecular flexibility index (Phi) is 0.890. The third-order valence-electron chi connectivity index (χ3n) is 3.89. The van der Waals surface area contributed by atoms with Gasteiger partial charge in [0.15, 0.2) is 0 Å². The summed E-state index contributed by atoms with van der Waals surface area (Å²) in [5, 5.41) is 0. The third kappa shape index (κ3) is 0.569. The van der Waals surface area contributed by atoms with E-state index in [2.05, 4.69) is 0 Å². The standard InChI is InChI=1S/C9H12O2/c10-8-4-9(5-11-8)3-6-1-2-7(6)9/h6-7H,1-5H2. The van der Waals surface area contributed by atoms with Crippen LogP contribution in [0.1, 0.15) is 25.7 Å². The van der Waals surface area contributed by atoms with Gasteiger partial charge in [-0.25, -0.2) is 0 Å². The summed E-state index contributed by atoms with van der Waals surface area (Å²) in [5.74, 6) is 1.86. The minimum absolute atomic E-state index is 0.0374. The maximum atomic E-state index is 10.9. The first-order valence-corrected chi connectivity index (χ1v) is 4.46. The average molecular weight is 152 g/mol. The van der Waals surface area contributed by atoms with Crippen LogP contribution in [0, 0.1) is 17.3 Å². The van der Waals surface area contributed by atoms with Crippen LogP contribution in [0.4, 0.5) is 0 Å². The van der Waals surface area contributed by atoms with Crippen molar-refractivity contribution < 1.29 is 9.53 Å². The molecule has 2 nitrogen and oxygen atoms in total. The summed E-state index contributed by atoms with van der Waals surface area (Å²) < 4.78 is 5.02. The van der Waals surface area contributed by atoms with Crippen molar-refractivity contribution in [1.82, 2.24) is 0 Å². The van der Waals surface area contributed by atoms with Crippen molar-refractivity contribution >= 4 is 5.97 Å². The quantitative estimate of drug-likeness (QED) is 0.490. The molecule has 3 rings (SSSR count). The van der Waals surface area contributed by atoms with Crippen LogP contribution < -0.4 is 0 Å². The van der Waals surface area contributed by atoms with Crippen LogP contribution in [-0.2, 0) is 9.53 Å². The SMILES string of the molecule is O=C1CC2(CO1)CC1CCC12. The molecule has 11 heavy (non-hydrogen) atoms. The van der Waals surface area contributed by atoms with E-state index in [1.54, 1.807) is 0 Å². The lowest BCUT2D eigenvalue weighted by Gasteiger charge is -2.59. The van der Waals surface area contributed by atoms with E-state index in [1.807, 2.05) is 0 Å². The number of fused-ring (bicyclic) bond motifs is 2. The molecule has 1 heterocycles. The van der Waals surface area contributed by atoms with Crippen molar-refractivity contribution in [3.63, 3.8) is 0 Å². The van der Waals surface area contributed by atoms with Gasteiger partial charge in [0.25, 0.3) is 0 Å². The topological polar surface area (TPSA) is 26.3 Å². The van der Waals surface area contributed by atoms with Crippen LogP contribution in [0.5, 0.6) is 0 Å². The molecule has 60 valence electrons. The number of hydrogen-bond donors (Lipinski definition) is 0. The highest BCUT2D eigenvalue weighted by molar-refractivity contribution is 5.73. The Morgan fingerprint density at radius 2 is 2.36 bits per heavy atom. The summed E-state index contributed by atoms with van der Waals surface area (Å²) in [6.07, 6.45) is 4.74. The first kappa shape index (κ1) is 6.04. The Bertz CT molecular complexity index is 224. The van der Waals surface area contributed by atoms with Gasteiger partial charge < -0.3 is 4.74 Å². The van der Waals surface area contributed by atoms with Gasteiger partial charge in [-0.05, 0) is 31.1 Å². The molecule has 0 aromatic heterocycles. The smallest absolute Gasteiger partial charge is 0.306 e. The molecule has 1 saturated heterocycles. The predicted molar refractivity (Wildman–Crippen MR) is 38.8 cm³/mol. The fourth-order valence-corrected chi connectivity index (χ4v) is 3.12. The summed E-state index contributed by atoms with van der Waals surface area (Å²) in [6.45, 7) is 0.729. The van der Waals surface area contributed by atoms with E-state index in [0.29, 0.717) is 11.8 Å². The molecular formula is C9H12O2. The molecule has 1 aliphatic heterocycles. The number of carbonyl (C=O) groups is 1. The van der Waals surface area contributed by atoms with Crippen LogP contribution in [0.3, 0.4) is 0 Å². The van der Waals surface area contributed by atoms with Crippen molar-refractivity contribution in [3.05, 3.63) is 0 Å². The number of cyclic esters (lactones) is 1. The fraction of sp³-hybridized carbons (Fsp3) is 0.889. The zero-order valence-electron chi connectivity index (χ0n) is 6.51. The molecule has 3 atom stereocenters. The van der Waals surface area contributed by atoms with Crippen LogP contribution in [0.2, 0.25) is 0 Å². The van der Waals surface area contributed by atoms with E-state index >= 15 is 0 Å². The lowest BCUT2D eigenvalue weighted by atomic mass is 9.44. The molecule has 0 bridgehead atoms. The normalized spacial score (nSPS) is 52.9. The molecule has 0 aromatic carbocycles. The van der Waals surface area contributed by atoms with Gasteiger partial charge in [0, 0.05) is 5.41 Å². The van der Waals surface area contributed by atoms with Crippen molar-refractivity contribution in [3.8, 4) is 0 Å². The molecule has 0 radical (unpaired) electrons. The second-order valence-corrected chi connectivity index (χ2v) is 4.35. The lowest BCUT2D eigenvalue weighted by molar-refractivity contribution is -0.138. The van der Waals surface area contributed by atoms with Crippen molar-refractivity contribution in [2.75, 3.05) is 6.61 Å². The summed E-state index contributed by atoms with van der Waals surface area (Å²) in [4.78, 5) is 10.9. The van der Waals surface area contributed by atoms with Gasteiger partial charge in [0.05, 0.1) is 13.0 Å². The number of hydrogen-bond acceptors (Lipinski definition) is 2. The third-order valence-corrected chi connectivity index (χ3v) is 3.89. The first-order chi connectivity index (χ1) is 5.30. The van der Waals surface area contributed by atoms with Crippen molar-refractivity contribution in [1.29, 1.82) is 0 Å². The monoisotopic (exact) mass is 152 g/mol. The zero-order valence-corrected chi connectivity index (χ0v) is 6.51. The van der Waals surface area contributed by atoms with E-state index in [0.717, 1.165) is 18.4 Å². The van der Waals surface area contributed by atoms with Crippen molar-refractivity contribution in [2.45, 2.75) is 25.7 Å². The molecular weight excluding hydrogens is 140 g/mol. The van der Waals surface area contributed by atoms with Gasteiger partial charge in [-0.3, -0.25) is 4.79 Å². The molecule has 0 aromatic rings. The number of esters is 1. The van der Waals surface area contributed by atoms with E-state index in [1.165, 1.54) is 19.3 Å². The number of carbonyl (C=O) groups excluding carboxylic acids is 1. The minimum atomic E-state index is 0.0374. The van der Waals surface area contributed by atoms with Gasteiger partial charge in [-0.1, -0.05) is 0 Å². The zero-order chi connectivity index (χ0) is 7.47. The van der Waals surface area contributed by atoms with Gasteiger partial charge in [-0.2, -0.15) is 0 Å². The Balaban J connectivity index is 1.82. The number of ether oxygens (including phenoxy) is 1. The largest absolute Gasteiger partial charge is 0.465 e. The van der Waals surface area contributed by atoms with E-state index < -0.39 is 0 Å². The maximum Gasteiger partial charge on any atom is 0.306 e. The second kappa shape index (κ2) is 1.62. The Hall–Kier alpha value is -0.530. The predicted octanol–water partition coefficient (Wildman–Crippen LogP) is 1.35. The molecule has 0 N–H and O–H groups in total. The van der Waals surface area contributed by atoms with Crippen LogP contribution in [-0.4, -0.2) is 12.6 Å². The highest BCUT2D eigenvalue weighted by atomic mass is 16.5. The van der Waals surface area contributed by atoms with Gasteiger partial charge in [-0.15, -0.1) is 0 Å². The fourth-order valence-electron chi connectivity index (χ4n) is 3.12. The number of rotatable bonds is 0. The molecule has 3 unspecified atom stereocenters. The van der Waals surface area contributed by atoms with Crippen LogP contribution in [0.25, 0.3) is 0 Å². The Morgan fingerprint density at radius 3 is 2.73 bits per heavy atom. The lowest BCUT2D eigenvalue weighted by Crippen LogP contribution is -2.54. The Labute approximate surface area is 65.9 Å². The highest BCUT2D eigenvalue weighted by Crippen LogP contribution is 2.65. The molecule has 1 spiro atoms. The Morgan fingerprint density at radius 1 is 1.45 bits per heavy atom. The maximum absolute atomic E-state index is 10.9. The van der Waals surface area contributed by atoms with Crippen molar-refractivity contribution in [2.24, 2.45) is 17.3 Å². The molecule has 2 aliphatic carbocycles. The average Bonchev–Trinajstić information content (AvgIpc) is 2.28. The van der Waals surface area contributed by atoms with E-state index in [9.17, 15) is 4.79 Å². The molecule has 2 heteroatoms. The minimum Gasteiger partial charge on any atom is -0.465 e. The van der Waals surface area contributed by atoms with Crippen LogP contribution >= 0.6 is 0 Å². The summed E-state index contributed by atoms with van der Waals surface area (Å²) in [6, 6.07) is 0. The molecule has 3 aliphatic rings. The summed E-state index contributed by atoms with van der Waals surface area (Å²) >= 11 is 0. The summed E-state index contributed by atoms with van der Waals surface area (Å²) in [5.41, 5.74) is 0.333. The molecule has 2 saturated carbocycles. The second-order valence-electron chi connectivity index (χ2n) is 4.35. The van der Waals surface area contributed by atoms with Gasteiger partial charge in [0.2, 0.25) is 0 Å². The molecule has 3 fully saturated rings. The molecule has 0 amide bonds. The van der Waals surface area contributed by atoms with E-state index in [-0.39, 0.29) is 5.97 Å². The van der Waals surface area contributed by atoms with Gasteiger partial charge >= 0.3 is 5.97 Å². The summed E-state index contributed by atoms with van der Waals surface area (Å²) in [7, 11) is 0. The van der Waals surface area contributed by atoms with E-state index in [4.69, 9.17) is 4.74 Å².